The minimum absolute atomic E-state index is 0.0502. The van der Waals surface area contributed by atoms with E-state index >= 15 is 0 Å². The second-order valence-electron chi connectivity index (χ2n) is 3.76. The van der Waals surface area contributed by atoms with Gasteiger partial charge in [0.2, 0.25) is 0 Å². The van der Waals surface area contributed by atoms with Crippen LogP contribution >= 0.6 is 0 Å². The third kappa shape index (κ3) is 2.82. The minimum atomic E-state index is -0.344. The van der Waals surface area contributed by atoms with Gasteiger partial charge in [-0.15, -0.1) is 0 Å². The maximum atomic E-state index is 11.2. The van der Waals surface area contributed by atoms with E-state index in [2.05, 4.69) is 15.0 Å². The predicted octanol–water partition coefficient (Wildman–Crippen LogP) is 2.10. The normalized spacial score (nSPS) is 15.5. The van der Waals surface area contributed by atoms with E-state index in [9.17, 15) is 4.79 Å². The van der Waals surface area contributed by atoms with Gasteiger partial charge in [-0.2, -0.15) is 0 Å². The molecule has 2 rings (SSSR count). The van der Waals surface area contributed by atoms with Crippen molar-refractivity contribution >= 4 is 5.97 Å². The summed E-state index contributed by atoms with van der Waals surface area (Å²) in [5.74, 6) is -0.344. The Morgan fingerprint density at radius 2 is 2.06 bits per heavy atom. The number of esters is 1. The van der Waals surface area contributed by atoms with Crippen LogP contribution in [-0.4, -0.2) is 25.1 Å². The Labute approximate surface area is 102 Å². The summed E-state index contributed by atoms with van der Waals surface area (Å²) in [5, 5.41) is 3.25. The van der Waals surface area contributed by atoms with Crippen molar-refractivity contribution in [3.05, 3.63) is 29.6 Å². The van der Waals surface area contributed by atoms with E-state index < -0.39 is 0 Å². The van der Waals surface area contributed by atoms with Crippen LogP contribution in [0.25, 0.3) is 0 Å². The third-order valence-corrected chi connectivity index (χ3v) is 2.90. The minimum Gasteiger partial charge on any atom is -0.465 e. The summed E-state index contributed by atoms with van der Waals surface area (Å²) in [6.07, 6.45) is 3.78. The molecular weight excluding hydrogens is 216 g/mol. The molecule has 0 amide bonds. The molecule has 1 aliphatic rings. The maximum Gasteiger partial charge on any atom is 0.339 e. The molecule has 1 heterocycles. The number of nitrogens with zero attached hydrogens (tertiary/aromatic N) is 1. The molecule has 0 saturated heterocycles. The first-order valence-corrected chi connectivity index (χ1v) is 5.95. The monoisotopic (exact) mass is 236 g/mol. The van der Waals surface area contributed by atoms with Crippen LogP contribution in [0.3, 0.4) is 0 Å². The van der Waals surface area contributed by atoms with Gasteiger partial charge < -0.3 is 10.1 Å². The number of hydrogen-bond donors (Lipinski definition) is 1. The zero-order valence-corrected chi connectivity index (χ0v) is 10.9. The van der Waals surface area contributed by atoms with E-state index in [1.165, 1.54) is 7.11 Å². The molecule has 0 aliphatic heterocycles. The summed E-state index contributed by atoms with van der Waals surface area (Å²) in [7, 11) is 3.30. The fourth-order valence-corrected chi connectivity index (χ4v) is 1.67. The second kappa shape index (κ2) is 5.77. The molecule has 17 heavy (non-hydrogen) atoms. The summed E-state index contributed by atoms with van der Waals surface area (Å²) in [6, 6.07) is 3.64. The van der Waals surface area contributed by atoms with E-state index in [1.807, 2.05) is 27.0 Å². The van der Waals surface area contributed by atoms with Crippen LogP contribution in [0.15, 0.2) is 18.3 Å². The summed E-state index contributed by atoms with van der Waals surface area (Å²) in [5.41, 5.74) is 1.54. The van der Waals surface area contributed by atoms with Gasteiger partial charge in [0.05, 0.1) is 23.9 Å². The Morgan fingerprint density at radius 1 is 1.41 bits per heavy atom. The fourth-order valence-electron chi connectivity index (χ4n) is 1.67. The number of rotatable bonds is 3. The SMILES string of the molecule is CC.CNC1(c2ccc(C(=O)OC)cn2)CC1. The van der Waals surface area contributed by atoms with Crippen molar-refractivity contribution in [3.8, 4) is 0 Å². The zero-order valence-electron chi connectivity index (χ0n) is 10.9. The molecule has 1 aromatic rings. The molecule has 1 saturated carbocycles. The lowest BCUT2D eigenvalue weighted by Gasteiger charge is -2.13. The van der Waals surface area contributed by atoms with Crippen LogP contribution in [0.4, 0.5) is 0 Å². The van der Waals surface area contributed by atoms with Gasteiger partial charge >= 0.3 is 5.97 Å². The first-order valence-electron chi connectivity index (χ1n) is 5.95. The van der Waals surface area contributed by atoms with E-state index in [0.717, 1.165) is 18.5 Å². The van der Waals surface area contributed by atoms with Crippen LogP contribution < -0.4 is 5.32 Å². The van der Waals surface area contributed by atoms with Crippen molar-refractivity contribution in [2.75, 3.05) is 14.2 Å². The van der Waals surface area contributed by atoms with E-state index in [-0.39, 0.29) is 11.5 Å². The van der Waals surface area contributed by atoms with Gasteiger partial charge in [0.1, 0.15) is 0 Å². The molecular formula is C13H20N2O2. The van der Waals surface area contributed by atoms with Crippen LogP contribution in [0.5, 0.6) is 0 Å². The Kier molecular flexibility index (Phi) is 4.63. The molecule has 1 aromatic heterocycles. The van der Waals surface area contributed by atoms with Crippen molar-refractivity contribution in [3.63, 3.8) is 0 Å². The van der Waals surface area contributed by atoms with Crippen LogP contribution in [-0.2, 0) is 10.3 Å². The third-order valence-electron chi connectivity index (χ3n) is 2.90. The smallest absolute Gasteiger partial charge is 0.339 e. The predicted molar refractivity (Wildman–Crippen MR) is 66.9 cm³/mol. The quantitative estimate of drug-likeness (QED) is 0.817. The molecule has 0 spiro atoms. The summed E-state index contributed by atoms with van der Waals surface area (Å²) in [4.78, 5) is 15.5. The molecule has 4 heteroatoms. The highest BCUT2D eigenvalue weighted by Crippen LogP contribution is 2.43. The number of carbonyl (C=O) groups excluding carboxylic acids is 1. The average molecular weight is 236 g/mol. The van der Waals surface area contributed by atoms with Crippen molar-refractivity contribution in [2.45, 2.75) is 32.2 Å². The van der Waals surface area contributed by atoms with Gasteiger partial charge in [-0.05, 0) is 32.0 Å². The molecule has 1 aliphatic carbocycles. The van der Waals surface area contributed by atoms with Crippen molar-refractivity contribution in [1.29, 1.82) is 0 Å². The number of ether oxygens (including phenoxy) is 1. The Bertz CT molecular complexity index is 370. The number of carbonyl (C=O) groups is 1. The summed E-state index contributed by atoms with van der Waals surface area (Å²) in [6.45, 7) is 4.00. The molecule has 1 N–H and O–H groups in total. The molecule has 0 radical (unpaired) electrons. The van der Waals surface area contributed by atoms with Crippen molar-refractivity contribution in [1.82, 2.24) is 10.3 Å². The van der Waals surface area contributed by atoms with E-state index in [0.29, 0.717) is 5.56 Å². The van der Waals surface area contributed by atoms with Gasteiger partial charge in [-0.25, -0.2) is 4.79 Å². The summed E-state index contributed by atoms with van der Waals surface area (Å²) >= 11 is 0. The number of aromatic nitrogens is 1. The lowest BCUT2D eigenvalue weighted by Crippen LogP contribution is -2.25. The lowest BCUT2D eigenvalue weighted by molar-refractivity contribution is 0.0600. The number of pyridine rings is 1. The number of methoxy groups -OCH3 is 1. The molecule has 0 unspecified atom stereocenters. The first-order chi connectivity index (χ1) is 8.22. The Hall–Kier alpha value is -1.42. The Morgan fingerprint density at radius 3 is 2.41 bits per heavy atom. The van der Waals surface area contributed by atoms with Gasteiger partial charge in [0.25, 0.3) is 0 Å². The van der Waals surface area contributed by atoms with Crippen LogP contribution in [0.1, 0.15) is 42.7 Å². The summed E-state index contributed by atoms with van der Waals surface area (Å²) < 4.78 is 4.61. The molecule has 0 aromatic carbocycles. The van der Waals surface area contributed by atoms with Gasteiger partial charge in [-0.3, -0.25) is 4.98 Å². The number of nitrogens with one attached hydrogen (secondary N) is 1. The van der Waals surface area contributed by atoms with E-state index in [4.69, 9.17) is 0 Å². The molecule has 94 valence electrons. The van der Waals surface area contributed by atoms with Crippen molar-refractivity contribution in [2.24, 2.45) is 0 Å². The molecule has 0 atom stereocenters. The second-order valence-corrected chi connectivity index (χ2v) is 3.76. The van der Waals surface area contributed by atoms with Crippen LogP contribution in [0.2, 0.25) is 0 Å². The molecule has 1 fully saturated rings. The van der Waals surface area contributed by atoms with Crippen molar-refractivity contribution < 1.29 is 9.53 Å². The van der Waals surface area contributed by atoms with Gasteiger partial charge in [0.15, 0.2) is 0 Å². The maximum absolute atomic E-state index is 11.2. The Balaban J connectivity index is 0.000000686. The highest BCUT2D eigenvalue weighted by Gasteiger charge is 2.44. The topological polar surface area (TPSA) is 51.2 Å². The zero-order chi connectivity index (χ0) is 12.9. The van der Waals surface area contributed by atoms with E-state index in [1.54, 1.807) is 12.3 Å². The highest BCUT2D eigenvalue weighted by molar-refractivity contribution is 5.88. The fraction of sp³-hybridized carbons (Fsp3) is 0.538. The van der Waals surface area contributed by atoms with Gasteiger partial charge in [-0.1, -0.05) is 13.8 Å². The highest BCUT2D eigenvalue weighted by atomic mass is 16.5. The largest absolute Gasteiger partial charge is 0.465 e. The van der Waals surface area contributed by atoms with Gasteiger partial charge in [0, 0.05) is 6.20 Å². The standard InChI is InChI=1S/C11H14N2O2.C2H6/c1-12-11(5-6-11)9-4-3-8(7-13-9)10(14)15-2;1-2/h3-4,7,12H,5-6H2,1-2H3;1-2H3. The first kappa shape index (κ1) is 13.6. The average Bonchev–Trinajstić information content (AvgIpc) is 3.21. The van der Waals surface area contributed by atoms with Crippen LogP contribution in [0, 0.1) is 0 Å². The lowest BCUT2D eigenvalue weighted by atomic mass is 10.1. The number of hydrogen-bond acceptors (Lipinski definition) is 4. The molecule has 4 nitrogen and oxygen atoms in total. The molecule has 0 bridgehead atoms.